The number of Topliss-reactive ketones (excluding diaryl/α,β-unsaturated/α-hetero) is 1. The second-order valence-corrected chi connectivity index (χ2v) is 6.50. The Kier molecular flexibility index (Phi) is 10.8. The molecule has 1 unspecified atom stereocenters. The molecule has 2 aromatic carbocycles. The van der Waals surface area contributed by atoms with Crippen LogP contribution in [0, 0.1) is 5.82 Å². The average molecular weight is 410 g/mol. The maximum atomic E-state index is 13.7. The largest absolute Gasteiger partial charge is 0.490 e. The van der Waals surface area contributed by atoms with Crippen molar-refractivity contribution in [2.24, 2.45) is 0 Å². The van der Waals surface area contributed by atoms with Gasteiger partial charge in [0.25, 0.3) is 0 Å². The van der Waals surface area contributed by atoms with Crippen molar-refractivity contribution in [2.75, 3.05) is 26.2 Å². The van der Waals surface area contributed by atoms with Gasteiger partial charge >= 0.3 is 0 Å². The highest BCUT2D eigenvalue weighted by atomic mass is 35.5. The summed E-state index contributed by atoms with van der Waals surface area (Å²) in [5.41, 5.74) is 1.28. The van der Waals surface area contributed by atoms with E-state index in [1.165, 1.54) is 18.2 Å². The summed E-state index contributed by atoms with van der Waals surface area (Å²) >= 11 is 0. The van der Waals surface area contributed by atoms with Crippen LogP contribution in [0.1, 0.15) is 36.2 Å². The molecule has 0 radical (unpaired) electrons. The SMILES string of the molecule is CCN(CC)CC(O)COc1ccc(F)cc1C(=O)CCc1ccccc1.Cl. The van der Waals surface area contributed by atoms with Gasteiger partial charge in [-0.3, -0.25) is 4.79 Å². The van der Waals surface area contributed by atoms with E-state index in [1.807, 2.05) is 44.2 Å². The van der Waals surface area contributed by atoms with Gasteiger partial charge in [-0.15, -0.1) is 12.4 Å². The van der Waals surface area contributed by atoms with Crippen LogP contribution in [0.4, 0.5) is 4.39 Å². The number of aliphatic hydroxyl groups is 1. The van der Waals surface area contributed by atoms with Crippen LogP contribution in [0.25, 0.3) is 0 Å². The number of rotatable bonds is 11. The van der Waals surface area contributed by atoms with Gasteiger partial charge in [-0.1, -0.05) is 44.2 Å². The van der Waals surface area contributed by atoms with Gasteiger partial charge in [-0.2, -0.15) is 0 Å². The summed E-state index contributed by atoms with van der Waals surface area (Å²) in [6.45, 7) is 6.29. The number of ketones is 1. The van der Waals surface area contributed by atoms with E-state index in [-0.39, 0.29) is 36.8 Å². The van der Waals surface area contributed by atoms with Gasteiger partial charge in [0, 0.05) is 13.0 Å². The lowest BCUT2D eigenvalue weighted by molar-refractivity contribution is 0.0706. The Labute approximate surface area is 172 Å². The van der Waals surface area contributed by atoms with Crippen molar-refractivity contribution in [3.05, 3.63) is 65.5 Å². The van der Waals surface area contributed by atoms with Crippen LogP contribution < -0.4 is 4.74 Å². The summed E-state index contributed by atoms with van der Waals surface area (Å²) in [4.78, 5) is 14.7. The molecule has 0 saturated carbocycles. The minimum absolute atomic E-state index is 0. The molecule has 0 aliphatic heterocycles. The van der Waals surface area contributed by atoms with E-state index < -0.39 is 11.9 Å². The predicted octanol–water partition coefficient (Wildman–Crippen LogP) is 4.14. The number of halogens is 2. The normalized spacial score (nSPS) is 11.8. The minimum atomic E-state index is -0.678. The highest BCUT2D eigenvalue weighted by Crippen LogP contribution is 2.22. The number of hydrogen-bond donors (Lipinski definition) is 1. The number of hydrogen-bond acceptors (Lipinski definition) is 4. The molecule has 0 aliphatic rings. The molecule has 0 spiro atoms. The van der Waals surface area contributed by atoms with E-state index in [0.717, 1.165) is 18.7 Å². The molecule has 0 bridgehead atoms. The molecule has 1 atom stereocenters. The van der Waals surface area contributed by atoms with Gasteiger partial charge in [0.15, 0.2) is 5.78 Å². The van der Waals surface area contributed by atoms with Crippen molar-refractivity contribution in [2.45, 2.75) is 32.8 Å². The van der Waals surface area contributed by atoms with Gasteiger partial charge in [-0.25, -0.2) is 4.39 Å². The zero-order chi connectivity index (χ0) is 19.6. The van der Waals surface area contributed by atoms with E-state index in [2.05, 4.69) is 4.90 Å². The van der Waals surface area contributed by atoms with E-state index in [1.54, 1.807) is 0 Å². The molecule has 0 heterocycles. The fourth-order valence-corrected chi connectivity index (χ4v) is 2.90. The maximum Gasteiger partial charge on any atom is 0.167 e. The van der Waals surface area contributed by atoms with Crippen LogP contribution in [0.15, 0.2) is 48.5 Å². The Hall–Kier alpha value is -1.95. The molecule has 6 heteroatoms. The standard InChI is InChI=1S/C22H28FNO3.ClH/c1-3-24(4-2)15-19(25)16-27-22-13-11-18(23)14-20(22)21(26)12-10-17-8-6-5-7-9-17;/h5-9,11,13-14,19,25H,3-4,10,12,15-16H2,1-2H3;1H. The van der Waals surface area contributed by atoms with E-state index >= 15 is 0 Å². The summed E-state index contributed by atoms with van der Waals surface area (Å²) in [7, 11) is 0. The summed E-state index contributed by atoms with van der Waals surface area (Å²) in [6, 6.07) is 13.6. The fraction of sp³-hybridized carbons (Fsp3) is 0.409. The number of ether oxygens (including phenoxy) is 1. The molecule has 0 aliphatic carbocycles. The zero-order valence-electron chi connectivity index (χ0n) is 16.4. The second kappa shape index (κ2) is 12.5. The highest BCUT2D eigenvalue weighted by Gasteiger charge is 2.16. The van der Waals surface area contributed by atoms with Crippen molar-refractivity contribution in [1.29, 1.82) is 0 Å². The first-order valence-corrected chi connectivity index (χ1v) is 9.43. The third kappa shape index (κ3) is 7.58. The first-order chi connectivity index (χ1) is 13.0. The maximum absolute atomic E-state index is 13.7. The highest BCUT2D eigenvalue weighted by molar-refractivity contribution is 5.98. The lowest BCUT2D eigenvalue weighted by Gasteiger charge is -2.22. The smallest absolute Gasteiger partial charge is 0.167 e. The zero-order valence-corrected chi connectivity index (χ0v) is 17.3. The fourth-order valence-electron chi connectivity index (χ4n) is 2.90. The van der Waals surface area contributed by atoms with Crippen LogP contribution in [-0.4, -0.2) is 48.1 Å². The molecule has 2 aromatic rings. The van der Waals surface area contributed by atoms with Crippen molar-refractivity contribution >= 4 is 18.2 Å². The predicted molar refractivity (Wildman–Crippen MR) is 112 cm³/mol. The van der Waals surface area contributed by atoms with Crippen molar-refractivity contribution in [1.82, 2.24) is 4.90 Å². The van der Waals surface area contributed by atoms with E-state index in [4.69, 9.17) is 4.74 Å². The van der Waals surface area contributed by atoms with Gasteiger partial charge in [0.2, 0.25) is 0 Å². The van der Waals surface area contributed by atoms with Gasteiger partial charge in [0.05, 0.1) is 5.56 Å². The minimum Gasteiger partial charge on any atom is -0.490 e. The molecule has 0 amide bonds. The number of benzene rings is 2. The molecular formula is C22H29ClFNO3. The lowest BCUT2D eigenvalue weighted by Crippen LogP contribution is -2.35. The van der Waals surface area contributed by atoms with E-state index in [0.29, 0.717) is 18.7 Å². The number of carbonyl (C=O) groups excluding carboxylic acids is 1. The van der Waals surface area contributed by atoms with Gasteiger partial charge in [0.1, 0.15) is 24.3 Å². The topological polar surface area (TPSA) is 49.8 Å². The van der Waals surface area contributed by atoms with Crippen LogP contribution in [0.5, 0.6) is 5.75 Å². The molecular weight excluding hydrogens is 381 g/mol. The molecule has 2 rings (SSSR count). The molecule has 0 aromatic heterocycles. The molecule has 1 N–H and O–H groups in total. The average Bonchev–Trinajstić information content (AvgIpc) is 2.70. The molecule has 4 nitrogen and oxygen atoms in total. The van der Waals surface area contributed by atoms with Crippen LogP contribution in [0.3, 0.4) is 0 Å². The molecule has 154 valence electrons. The molecule has 0 saturated heterocycles. The number of aryl methyl sites for hydroxylation is 1. The van der Waals surface area contributed by atoms with Gasteiger partial charge < -0.3 is 14.7 Å². The summed E-state index contributed by atoms with van der Waals surface area (Å²) < 4.78 is 19.3. The number of likely N-dealkylation sites (N-methyl/N-ethyl adjacent to an activating group) is 1. The van der Waals surface area contributed by atoms with Crippen molar-refractivity contribution in [3.8, 4) is 5.75 Å². The third-order valence-electron chi connectivity index (χ3n) is 4.52. The van der Waals surface area contributed by atoms with Crippen LogP contribution in [0.2, 0.25) is 0 Å². The van der Waals surface area contributed by atoms with Crippen molar-refractivity contribution in [3.63, 3.8) is 0 Å². The Morgan fingerprint density at radius 2 is 1.82 bits per heavy atom. The Morgan fingerprint density at radius 1 is 1.14 bits per heavy atom. The van der Waals surface area contributed by atoms with Crippen LogP contribution >= 0.6 is 12.4 Å². The lowest BCUT2D eigenvalue weighted by atomic mass is 10.0. The summed E-state index contributed by atoms with van der Waals surface area (Å²) in [5, 5.41) is 10.2. The Bertz CT molecular complexity index is 723. The monoisotopic (exact) mass is 409 g/mol. The molecule has 28 heavy (non-hydrogen) atoms. The Balaban J connectivity index is 0.00000392. The Morgan fingerprint density at radius 3 is 2.46 bits per heavy atom. The number of nitrogens with zero attached hydrogens (tertiary/aromatic N) is 1. The summed E-state index contributed by atoms with van der Waals surface area (Å²) in [5.74, 6) is -0.339. The summed E-state index contributed by atoms with van der Waals surface area (Å²) in [6.07, 6.45) is 0.175. The second-order valence-electron chi connectivity index (χ2n) is 6.50. The molecule has 0 fully saturated rings. The van der Waals surface area contributed by atoms with Crippen molar-refractivity contribution < 1.29 is 19.0 Å². The third-order valence-corrected chi connectivity index (χ3v) is 4.52. The van der Waals surface area contributed by atoms with Gasteiger partial charge in [-0.05, 0) is 43.3 Å². The first-order valence-electron chi connectivity index (χ1n) is 9.43. The number of carbonyl (C=O) groups is 1. The number of aliphatic hydroxyl groups excluding tert-OH is 1. The quantitative estimate of drug-likeness (QED) is 0.566. The first kappa shape index (κ1) is 24.1. The van der Waals surface area contributed by atoms with E-state index in [9.17, 15) is 14.3 Å². The van der Waals surface area contributed by atoms with Crippen LogP contribution in [-0.2, 0) is 6.42 Å².